The molecule has 0 heterocycles. The van der Waals surface area contributed by atoms with E-state index in [-0.39, 0.29) is 0 Å². The Balaban J connectivity index is -0.0000000139. The Morgan fingerprint density at radius 2 is 0.727 bits per heavy atom. The summed E-state index contributed by atoms with van der Waals surface area (Å²) in [6.07, 6.45) is 0. The third-order valence-electron chi connectivity index (χ3n) is 0. The Morgan fingerprint density at radius 1 is 0.727 bits per heavy atom. The number of hydrogen-bond donors (Lipinski definition) is 1. The molecule has 0 saturated carbocycles. The van der Waals surface area contributed by atoms with Gasteiger partial charge in [0.1, 0.15) is 0 Å². The normalized spacial score (nSPS) is 3.36. The predicted octanol–water partition coefficient (Wildman–Crippen LogP) is -2.27. The molecule has 8 radical (unpaired) electrons. The van der Waals surface area contributed by atoms with Gasteiger partial charge in [-0.2, -0.15) is 0 Å². The first-order chi connectivity index (χ1) is 5.41. The van der Waals surface area contributed by atoms with Crippen LogP contribution >= 0.6 is 0 Å². The van der Waals surface area contributed by atoms with Crippen LogP contribution in [0.4, 0.5) is 0 Å². The molecule has 11 heavy (non-hydrogen) atoms. The third kappa shape index (κ3) is 389. The first-order valence-corrected chi connectivity index (χ1v) is 1.99. The molecule has 0 aliphatic heterocycles. The Labute approximate surface area is 70.1 Å². The SMILES string of the molecule is [C]=O.[C]=O.[C]=O.[C]=O.[O]=[Co][OH]. The van der Waals surface area contributed by atoms with Crippen molar-refractivity contribution in [1.82, 2.24) is 0 Å². The molecule has 0 aromatic heterocycles. The van der Waals surface area contributed by atoms with Crippen LogP contribution < -0.4 is 0 Å². The van der Waals surface area contributed by atoms with E-state index in [9.17, 15) is 0 Å². The monoisotopic (exact) mass is 204 g/mol. The Hall–Kier alpha value is -1.05. The molecule has 6 nitrogen and oxygen atoms in total. The van der Waals surface area contributed by atoms with Gasteiger partial charge in [0.15, 0.2) is 0 Å². The summed E-state index contributed by atoms with van der Waals surface area (Å²) >= 11 is -0.812. The molecule has 0 fully saturated rings. The molecule has 0 aromatic carbocycles. The molecule has 1 N–H and O–H groups in total. The van der Waals surface area contributed by atoms with Crippen molar-refractivity contribution < 1.29 is 42.2 Å². The van der Waals surface area contributed by atoms with Crippen molar-refractivity contribution in [2.45, 2.75) is 0 Å². The maximum atomic E-state index is 8.45. The molecular weight excluding hydrogens is 203 g/mol. The van der Waals surface area contributed by atoms with Crippen molar-refractivity contribution in [3.63, 3.8) is 0 Å². The summed E-state index contributed by atoms with van der Waals surface area (Å²) in [6.45, 7) is 18.0. The molecule has 0 bridgehead atoms. The number of hydrogen-bond acceptors (Lipinski definition) is 5. The summed E-state index contributed by atoms with van der Waals surface area (Å²) in [6, 6.07) is 0. The van der Waals surface area contributed by atoms with Crippen molar-refractivity contribution in [1.29, 1.82) is 0 Å². The minimum absolute atomic E-state index is 0.812. The van der Waals surface area contributed by atoms with E-state index in [1.807, 2.05) is 0 Å². The fourth-order valence-corrected chi connectivity index (χ4v) is 0. The van der Waals surface area contributed by atoms with Gasteiger partial charge in [-0.05, 0) is 0 Å². The summed E-state index contributed by atoms with van der Waals surface area (Å²) in [7, 11) is 0. The van der Waals surface area contributed by atoms with Gasteiger partial charge < -0.3 is 0 Å². The fourth-order valence-electron chi connectivity index (χ4n) is 0. The van der Waals surface area contributed by atoms with E-state index in [0.717, 1.165) is 0 Å². The van der Waals surface area contributed by atoms with Crippen molar-refractivity contribution in [2.75, 3.05) is 0 Å². The van der Waals surface area contributed by atoms with E-state index in [4.69, 9.17) is 27.3 Å². The molecule has 0 rings (SSSR count). The summed E-state index contributed by atoms with van der Waals surface area (Å²) in [5.41, 5.74) is 0. The van der Waals surface area contributed by atoms with Crippen LogP contribution in [0, 0.1) is 0 Å². The van der Waals surface area contributed by atoms with Gasteiger partial charge in [-0.25, -0.2) is 0 Å². The molecule has 0 spiro atoms. The van der Waals surface area contributed by atoms with Crippen LogP contribution in [0.25, 0.3) is 0 Å². The van der Waals surface area contributed by atoms with Gasteiger partial charge >= 0.3 is 23.0 Å². The van der Waals surface area contributed by atoms with Gasteiger partial charge in [-0.3, -0.25) is 19.2 Å². The number of carbonyl (C=O) groups excluding carboxylic acids is 4. The van der Waals surface area contributed by atoms with Crippen LogP contribution in [0.15, 0.2) is 0 Å². The molecule has 0 amide bonds. The maximum absolute atomic E-state index is 8.45. The van der Waals surface area contributed by atoms with Crippen molar-refractivity contribution in [2.24, 2.45) is 0 Å². The Kier molecular flexibility index (Phi) is 584000. The Bertz CT molecular complexity index is 43.8. The summed E-state index contributed by atoms with van der Waals surface area (Å²) < 4.78 is 15.4. The zero-order valence-electron chi connectivity index (χ0n) is 4.82. The fraction of sp³-hybridized carbons (Fsp3) is 0. The predicted molar refractivity (Wildman–Crippen MR) is 25.7 cm³/mol. The van der Waals surface area contributed by atoms with Crippen molar-refractivity contribution in [3.05, 3.63) is 0 Å². The molecule has 0 atom stereocenters. The van der Waals surface area contributed by atoms with Gasteiger partial charge in [0.25, 0.3) is 27.2 Å². The van der Waals surface area contributed by atoms with Crippen LogP contribution in [0.2, 0.25) is 0 Å². The molecule has 0 saturated heterocycles. The molecule has 0 aliphatic carbocycles. The van der Waals surface area contributed by atoms with E-state index in [1.165, 1.54) is 0 Å². The van der Waals surface area contributed by atoms with E-state index in [0.29, 0.717) is 0 Å². The van der Waals surface area contributed by atoms with E-state index in [2.05, 4.69) is 27.2 Å². The van der Waals surface area contributed by atoms with Crippen LogP contribution in [-0.4, -0.2) is 31.4 Å². The molecule has 0 unspecified atom stereocenters. The third-order valence-corrected chi connectivity index (χ3v) is 0. The zero-order chi connectivity index (χ0) is 10.7. The summed E-state index contributed by atoms with van der Waals surface area (Å²) in [5.74, 6) is 0. The second-order valence-electron chi connectivity index (χ2n) is 0.0609. The van der Waals surface area contributed by atoms with Gasteiger partial charge in [-0.15, -0.1) is 0 Å². The molecule has 0 aromatic rings. The van der Waals surface area contributed by atoms with Gasteiger partial charge in [-0.1, -0.05) is 0 Å². The average molecular weight is 204 g/mol. The molecular formula is C4HCoO6. The minimum atomic E-state index is -0.812. The first-order valence-electron chi connectivity index (χ1n) is 1.10. The van der Waals surface area contributed by atoms with Crippen LogP contribution in [-0.2, 0) is 38.0 Å². The second-order valence-corrected chi connectivity index (χ2v) is 0.251. The summed E-state index contributed by atoms with van der Waals surface area (Å²) in [4.78, 5) is 30.0. The van der Waals surface area contributed by atoms with Crippen LogP contribution in [0.5, 0.6) is 0 Å². The standard InChI is InChI=1S/4CO.Co.H2O.O/c4*1-2;;;/h;;;;;1H2;/q;;;;+1;;/p-1. The van der Waals surface area contributed by atoms with E-state index >= 15 is 0 Å². The second kappa shape index (κ2) is 197000. The Morgan fingerprint density at radius 3 is 0.727 bits per heavy atom. The van der Waals surface area contributed by atoms with Crippen molar-refractivity contribution in [3.8, 4) is 0 Å². The summed E-state index contributed by atoms with van der Waals surface area (Å²) in [5, 5.41) is 0. The average Bonchev–Trinajstić information content (AvgIpc) is 2.18. The van der Waals surface area contributed by atoms with Gasteiger partial charge in [0.2, 0.25) is 0 Å². The van der Waals surface area contributed by atoms with Crippen LogP contribution in [0.1, 0.15) is 0 Å². The zero-order valence-corrected chi connectivity index (χ0v) is 5.86. The molecule has 62 valence electrons. The van der Waals surface area contributed by atoms with Gasteiger partial charge in [0, 0.05) is 0 Å². The van der Waals surface area contributed by atoms with E-state index < -0.39 is 15.0 Å². The number of rotatable bonds is 0. The molecule has 7 heteroatoms. The van der Waals surface area contributed by atoms with E-state index in [1.54, 1.807) is 0 Å². The molecule has 0 aliphatic rings. The van der Waals surface area contributed by atoms with Crippen molar-refractivity contribution >= 4 is 27.2 Å². The topological polar surface area (TPSA) is 106 Å². The van der Waals surface area contributed by atoms with Gasteiger partial charge in [0.05, 0.1) is 0 Å². The first kappa shape index (κ1) is 32.5. The quantitative estimate of drug-likeness (QED) is 0.477. The van der Waals surface area contributed by atoms with Crippen LogP contribution in [0.3, 0.4) is 0 Å².